The van der Waals surface area contributed by atoms with Gasteiger partial charge in [-0.2, -0.15) is 0 Å². The van der Waals surface area contributed by atoms with E-state index in [1.165, 1.54) is 6.42 Å². The zero-order chi connectivity index (χ0) is 23.9. The van der Waals surface area contributed by atoms with Crippen LogP contribution >= 0.6 is 0 Å². The summed E-state index contributed by atoms with van der Waals surface area (Å²) in [5.74, 6) is 0.878. The summed E-state index contributed by atoms with van der Waals surface area (Å²) in [5, 5.41) is 34.3. The Hall–Kier alpha value is -0.950. The van der Waals surface area contributed by atoms with Crippen LogP contribution < -0.4 is 0 Å². The summed E-state index contributed by atoms with van der Waals surface area (Å²) >= 11 is 0. The van der Waals surface area contributed by atoms with Gasteiger partial charge in [0, 0.05) is 24.1 Å². The third kappa shape index (κ3) is 3.17. The van der Waals surface area contributed by atoms with Gasteiger partial charge < -0.3 is 20.1 Å². The number of esters is 1. The van der Waals surface area contributed by atoms with Crippen molar-refractivity contribution in [2.24, 2.45) is 34.5 Å². The van der Waals surface area contributed by atoms with Crippen LogP contribution in [0.2, 0.25) is 0 Å². The van der Waals surface area contributed by atoms with Gasteiger partial charge in [-0.3, -0.25) is 4.90 Å². The molecular formula is C28H43NO5. The summed E-state index contributed by atoms with van der Waals surface area (Å²) in [6.07, 6.45) is 10.8. The molecule has 1 saturated heterocycles. The molecular weight excluding hydrogens is 430 g/mol. The largest absolute Gasteiger partial charge is 0.458 e. The van der Waals surface area contributed by atoms with E-state index in [9.17, 15) is 20.1 Å². The van der Waals surface area contributed by atoms with Crippen molar-refractivity contribution in [2.75, 3.05) is 19.7 Å². The molecule has 4 saturated carbocycles. The summed E-state index contributed by atoms with van der Waals surface area (Å²) in [5.41, 5.74) is -0.410. The van der Waals surface area contributed by atoms with Crippen LogP contribution in [0, 0.1) is 34.5 Å². The Kier molecular flexibility index (Phi) is 5.53. The Morgan fingerprint density at radius 2 is 1.85 bits per heavy atom. The molecule has 0 radical (unpaired) electrons. The van der Waals surface area contributed by atoms with Crippen molar-refractivity contribution < 1.29 is 24.9 Å². The minimum absolute atomic E-state index is 0.00620. The van der Waals surface area contributed by atoms with E-state index in [0.717, 1.165) is 70.0 Å². The van der Waals surface area contributed by atoms with E-state index in [0.29, 0.717) is 30.9 Å². The third-order valence-corrected chi connectivity index (χ3v) is 12.0. The number of rotatable bonds is 2. The maximum absolute atomic E-state index is 12.4. The fourth-order valence-electron chi connectivity index (χ4n) is 10.0. The zero-order valence-corrected chi connectivity index (χ0v) is 20.9. The quantitative estimate of drug-likeness (QED) is 0.534. The molecule has 2 aliphatic heterocycles. The SMILES string of the molecule is CC12[C@H](O)C[C@H]3[C@@H](CC[C@@H]4C[C@@H](N5CCCC(O)C5)CC[C@@]43C)C1(O)CC[C@@H]2C1=CC(=O)OC1. The minimum atomic E-state index is -0.895. The lowest BCUT2D eigenvalue weighted by molar-refractivity contribution is -0.244. The molecule has 34 heavy (non-hydrogen) atoms. The Bertz CT molecular complexity index is 875. The van der Waals surface area contributed by atoms with Crippen molar-refractivity contribution in [3.05, 3.63) is 11.6 Å². The number of likely N-dealkylation sites (tertiary alicyclic amines) is 1. The van der Waals surface area contributed by atoms with Gasteiger partial charge in [-0.25, -0.2) is 4.79 Å². The van der Waals surface area contributed by atoms with Crippen LogP contribution in [0.25, 0.3) is 0 Å². The minimum Gasteiger partial charge on any atom is -0.458 e. The first kappa shape index (κ1) is 23.4. The van der Waals surface area contributed by atoms with Gasteiger partial charge in [0.2, 0.25) is 0 Å². The predicted octanol–water partition coefficient (Wildman–Crippen LogP) is 3.04. The number of aliphatic hydroxyl groups excluding tert-OH is 2. The number of carbonyl (C=O) groups is 1. The Labute approximate surface area is 203 Å². The average molecular weight is 474 g/mol. The fourth-order valence-corrected chi connectivity index (χ4v) is 10.0. The summed E-state index contributed by atoms with van der Waals surface area (Å²) in [6, 6.07) is 0.564. The lowest BCUT2D eigenvalue weighted by atomic mass is 9.42. The number of β-amino-alcohol motifs (C(OH)–C–C–N with tert-alkyl or cyclic N) is 1. The topological polar surface area (TPSA) is 90.2 Å². The van der Waals surface area contributed by atoms with Crippen LogP contribution in [0.1, 0.15) is 78.1 Å². The summed E-state index contributed by atoms with van der Waals surface area (Å²) in [7, 11) is 0. The smallest absolute Gasteiger partial charge is 0.331 e. The van der Waals surface area contributed by atoms with Gasteiger partial charge in [0.25, 0.3) is 0 Å². The molecule has 0 aromatic carbocycles. The summed E-state index contributed by atoms with van der Waals surface area (Å²) < 4.78 is 5.22. The predicted molar refractivity (Wildman–Crippen MR) is 128 cm³/mol. The lowest BCUT2D eigenvalue weighted by Gasteiger charge is -2.65. The molecule has 6 nitrogen and oxygen atoms in total. The van der Waals surface area contributed by atoms with Crippen molar-refractivity contribution in [1.82, 2.24) is 4.90 Å². The molecule has 2 heterocycles. The van der Waals surface area contributed by atoms with Crippen LogP contribution in [0.4, 0.5) is 0 Å². The highest BCUT2D eigenvalue weighted by molar-refractivity contribution is 5.85. The van der Waals surface area contributed by atoms with E-state index < -0.39 is 17.1 Å². The molecule has 0 aromatic rings. The maximum atomic E-state index is 12.4. The number of cyclic esters (lactones) is 1. The van der Waals surface area contributed by atoms with Gasteiger partial charge in [-0.1, -0.05) is 13.8 Å². The second kappa shape index (κ2) is 8.03. The molecule has 0 aromatic heterocycles. The number of hydrogen-bond donors (Lipinski definition) is 3. The number of ether oxygens (including phenoxy) is 1. The molecule has 6 rings (SSSR count). The summed E-state index contributed by atoms with van der Waals surface area (Å²) in [4.78, 5) is 14.3. The molecule has 5 fully saturated rings. The number of aliphatic hydroxyl groups is 3. The van der Waals surface area contributed by atoms with Gasteiger partial charge in [-0.15, -0.1) is 0 Å². The standard InChI is InChI=1S/C28H43NO5/c1-26-9-7-19(29-11-3-4-20(30)15-29)13-18(26)5-6-22-23(26)14-24(31)27(2)21(8-10-28(22,27)33)17-12-25(32)34-16-17/h12,18-24,30-31,33H,3-11,13-16H2,1-2H3/t18-,19+,20?,21-,22-,23+,24-,26+,27?,28?/m1/s1. The number of nitrogens with zero attached hydrogens (tertiary/aromatic N) is 1. The first-order chi connectivity index (χ1) is 16.2. The molecule has 0 bridgehead atoms. The molecule has 0 amide bonds. The lowest BCUT2D eigenvalue weighted by Crippen LogP contribution is -2.67. The monoisotopic (exact) mass is 473 g/mol. The molecule has 6 aliphatic rings. The first-order valence-electron chi connectivity index (χ1n) is 13.9. The van der Waals surface area contributed by atoms with E-state index in [-0.39, 0.29) is 29.3 Å². The van der Waals surface area contributed by atoms with Crippen LogP contribution in [0.15, 0.2) is 11.6 Å². The van der Waals surface area contributed by atoms with Crippen molar-refractivity contribution in [1.29, 1.82) is 0 Å². The van der Waals surface area contributed by atoms with Crippen molar-refractivity contribution >= 4 is 5.97 Å². The zero-order valence-electron chi connectivity index (χ0n) is 20.9. The Balaban J connectivity index is 1.25. The summed E-state index contributed by atoms with van der Waals surface area (Å²) in [6.45, 7) is 6.77. The number of piperidine rings is 1. The van der Waals surface area contributed by atoms with Crippen molar-refractivity contribution in [2.45, 2.75) is 102 Å². The van der Waals surface area contributed by atoms with E-state index in [1.807, 2.05) is 0 Å². The van der Waals surface area contributed by atoms with Gasteiger partial charge in [0.15, 0.2) is 0 Å². The van der Waals surface area contributed by atoms with Gasteiger partial charge in [0.05, 0.1) is 17.8 Å². The van der Waals surface area contributed by atoms with E-state index in [1.54, 1.807) is 6.08 Å². The van der Waals surface area contributed by atoms with Gasteiger partial charge in [0.1, 0.15) is 6.61 Å². The second-order valence-electron chi connectivity index (χ2n) is 13.1. The van der Waals surface area contributed by atoms with E-state index in [4.69, 9.17) is 4.74 Å². The Morgan fingerprint density at radius 3 is 2.59 bits per heavy atom. The van der Waals surface area contributed by atoms with Crippen LogP contribution in [0.3, 0.4) is 0 Å². The van der Waals surface area contributed by atoms with E-state index >= 15 is 0 Å². The number of fused-ring (bicyclic) bond motifs is 5. The maximum Gasteiger partial charge on any atom is 0.331 e. The molecule has 0 spiro atoms. The third-order valence-electron chi connectivity index (χ3n) is 12.0. The molecule has 4 aliphatic carbocycles. The van der Waals surface area contributed by atoms with E-state index in [2.05, 4.69) is 18.7 Å². The fraction of sp³-hybridized carbons (Fsp3) is 0.893. The van der Waals surface area contributed by atoms with Crippen molar-refractivity contribution in [3.8, 4) is 0 Å². The second-order valence-corrected chi connectivity index (χ2v) is 13.1. The highest BCUT2D eigenvalue weighted by Gasteiger charge is 2.70. The van der Waals surface area contributed by atoms with Gasteiger partial charge in [-0.05, 0) is 105 Å². The highest BCUT2D eigenvalue weighted by Crippen LogP contribution is 2.70. The molecule has 3 unspecified atom stereocenters. The normalized spacial score (nSPS) is 53.5. The van der Waals surface area contributed by atoms with Crippen molar-refractivity contribution in [3.63, 3.8) is 0 Å². The number of hydrogen-bond acceptors (Lipinski definition) is 6. The van der Waals surface area contributed by atoms with Gasteiger partial charge >= 0.3 is 5.97 Å². The van der Waals surface area contributed by atoms with Crippen LogP contribution in [-0.4, -0.2) is 69.7 Å². The molecule has 10 atom stereocenters. The van der Waals surface area contributed by atoms with Crippen LogP contribution in [-0.2, 0) is 9.53 Å². The molecule has 190 valence electrons. The Morgan fingerprint density at radius 1 is 1.03 bits per heavy atom. The van der Waals surface area contributed by atoms with Crippen LogP contribution in [0.5, 0.6) is 0 Å². The number of carbonyl (C=O) groups excluding carboxylic acids is 1. The highest BCUT2D eigenvalue weighted by atomic mass is 16.5. The molecule has 6 heteroatoms. The molecule has 3 N–H and O–H groups in total. The first-order valence-corrected chi connectivity index (χ1v) is 13.9. The average Bonchev–Trinajstić information content (AvgIpc) is 3.35.